The third-order valence-electron chi connectivity index (χ3n) is 1.98. The molecule has 1 unspecified atom stereocenters. The van der Waals surface area contributed by atoms with Crippen molar-refractivity contribution in [2.24, 2.45) is 5.92 Å². The SMILES string of the molecule is COCCNCCCC(C)COC. The van der Waals surface area contributed by atoms with Crippen LogP contribution in [0.3, 0.4) is 0 Å². The predicted molar refractivity (Wildman–Crippen MR) is 55.0 cm³/mol. The van der Waals surface area contributed by atoms with Gasteiger partial charge in [-0.2, -0.15) is 0 Å². The minimum atomic E-state index is 0.675. The van der Waals surface area contributed by atoms with Crippen LogP contribution in [0, 0.1) is 5.92 Å². The van der Waals surface area contributed by atoms with Gasteiger partial charge in [-0.05, 0) is 25.3 Å². The van der Waals surface area contributed by atoms with E-state index in [2.05, 4.69) is 12.2 Å². The Morgan fingerprint density at radius 2 is 1.92 bits per heavy atom. The molecule has 0 aliphatic heterocycles. The molecule has 0 aromatic heterocycles. The zero-order valence-corrected chi connectivity index (χ0v) is 9.14. The van der Waals surface area contributed by atoms with Crippen LogP contribution in [0.15, 0.2) is 0 Å². The molecule has 1 atom stereocenters. The molecule has 0 saturated carbocycles. The van der Waals surface area contributed by atoms with Crippen LogP contribution in [0.25, 0.3) is 0 Å². The molecule has 0 rings (SSSR count). The van der Waals surface area contributed by atoms with E-state index >= 15 is 0 Å². The normalized spacial score (nSPS) is 13.2. The second-order valence-corrected chi connectivity index (χ2v) is 3.45. The van der Waals surface area contributed by atoms with Crippen molar-refractivity contribution in [3.05, 3.63) is 0 Å². The summed E-state index contributed by atoms with van der Waals surface area (Å²) >= 11 is 0. The molecule has 0 aromatic carbocycles. The summed E-state index contributed by atoms with van der Waals surface area (Å²) in [6.07, 6.45) is 2.45. The maximum absolute atomic E-state index is 5.06. The highest BCUT2D eigenvalue weighted by molar-refractivity contribution is 4.53. The summed E-state index contributed by atoms with van der Waals surface area (Å²) in [4.78, 5) is 0. The summed E-state index contributed by atoms with van der Waals surface area (Å²) in [5.41, 5.74) is 0. The second kappa shape index (κ2) is 9.96. The van der Waals surface area contributed by atoms with Gasteiger partial charge in [0.1, 0.15) is 0 Å². The fourth-order valence-electron chi connectivity index (χ4n) is 1.24. The lowest BCUT2D eigenvalue weighted by molar-refractivity contribution is 0.154. The van der Waals surface area contributed by atoms with Crippen LogP contribution in [-0.4, -0.2) is 40.5 Å². The fraction of sp³-hybridized carbons (Fsp3) is 1.00. The Hall–Kier alpha value is -0.120. The summed E-state index contributed by atoms with van der Waals surface area (Å²) in [7, 11) is 3.48. The number of rotatable bonds is 9. The first-order valence-electron chi connectivity index (χ1n) is 4.99. The highest BCUT2D eigenvalue weighted by Crippen LogP contribution is 2.04. The molecular formula is C10H23NO2. The summed E-state index contributed by atoms with van der Waals surface area (Å²) in [5, 5.41) is 3.32. The van der Waals surface area contributed by atoms with Gasteiger partial charge in [0.25, 0.3) is 0 Å². The maximum atomic E-state index is 5.06. The van der Waals surface area contributed by atoms with Gasteiger partial charge < -0.3 is 14.8 Å². The molecule has 3 nitrogen and oxygen atoms in total. The molecule has 0 fully saturated rings. The van der Waals surface area contributed by atoms with Crippen LogP contribution >= 0.6 is 0 Å². The topological polar surface area (TPSA) is 30.5 Å². The summed E-state index contributed by atoms with van der Waals surface area (Å²) in [6, 6.07) is 0. The molecule has 0 radical (unpaired) electrons. The Labute approximate surface area is 81.8 Å². The predicted octanol–water partition coefficient (Wildman–Crippen LogP) is 1.29. The number of ether oxygens (including phenoxy) is 2. The summed E-state index contributed by atoms with van der Waals surface area (Å²) < 4.78 is 9.98. The van der Waals surface area contributed by atoms with Crippen molar-refractivity contribution in [2.75, 3.05) is 40.5 Å². The maximum Gasteiger partial charge on any atom is 0.0587 e. The third-order valence-corrected chi connectivity index (χ3v) is 1.98. The van der Waals surface area contributed by atoms with Crippen molar-refractivity contribution in [3.8, 4) is 0 Å². The van der Waals surface area contributed by atoms with Gasteiger partial charge in [0, 0.05) is 27.4 Å². The quantitative estimate of drug-likeness (QED) is 0.554. The molecule has 0 spiro atoms. The second-order valence-electron chi connectivity index (χ2n) is 3.45. The van der Waals surface area contributed by atoms with Crippen LogP contribution in [0.1, 0.15) is 19.8 Å². The fourth-order valence-corrected chi connectivity index (χ4v) is 1.24. The van der Waals surface area contributed by atoms with Gasteiger partial charge in [0.2, 0.25) is 0 Å². The molecule has 0 aliphatic carbocycles. The van der Waals surface area contributed by atoms with E-state index < -0.39 is 0 Å². The smallest absolute Gasteiger partial charge is 0.0587 e. The number of methoxy groups -OCH3 is 2. The van der Waals surface area contributed by atoms with Gasteiger partial charge in [-0.3, -0.25) is 0 Å². The monoisotopic (exact) mass is 189 g/mol. The lowest BCUT2D eigenvalue weighted by atomic mass is 10.1. The Balaban J connectivity index is 2.97. The lowest BCUT2D eigenvalue weighted by Gasteiger charge is -2.09. The average Bonchev–Trinajstić information content (AvgIpc) is 2.11. The van der Waals surface area contributed by atoms with Gasteiger partial charge in [0.15, 0.2) is 0 Å². The zero-order valence-electron chi connectivity index (χ0n) is 9.14. The van der Waals surface area contributed by atoms with E-state index in [-0.39, 0.29) is 0 Å². The Bertz CT molecular complexity index is 98.9. The number of hydrogen-bond donors (Lipinski definition) is 1. The molecule has 0 amide bonds. The van der Waals surface area contributed by atoms with E-state index in [1.165, 1.54) is 12.8 Å². The first-order valence-corrected chi connectivity index (χ1v) is 4.99. The largest absolute Gasteiger partial charge is 0.384 e. The molecule has 80 valence electrons. The first-order chi connectivity index (χ1) is 6.31. The molecule has 0 saturated heterocycles. The Morgan fingerprint density at radius 1 is 1.15 bits per heavy atom. The lowest BCUT2D eigenvalue weighted by Crippen LogP contribution is -2.21. The van der Waals surface area contributed by atoms with E-state index in [9.17, 15) is 0 Å². The van der Waals surface area contributed by atoms with Gasteiger partial charge >= 0.3 is 0 Å². The highest BCUT2D eigenvalue weighted by Gasteiger charge is 1.99. The van der Waals surface area contributed by atoms with Gasteiger partial charge in [-0.1, -0.05) is 6.92 Å². The van der Waals surface area contributed by atoms with E-state index in [1.54, 1.807) is 14.2 Å². The van der Waals surface area contributed by atoms with Crippen molar-refractivity contribution in [1.29, 1.82) is 0 Å². The standard InChI is InChI=1S/C10H23NO2/c1-10(9-13-3)5-4-6-11-7-8-12-2/h10-11H,4-9H2,1-3H3. The molecule has 13 heavy (non-hydrogen) atoms. The molecule has 0 aliphatic rings. The van der Waals surface area contributed by atoms with Crippen LogP contribution < -0.4 is 5.32 Å². The van der Waals surface area contributed by atoms with Gasteiger partial charge in [-0.25, -0.2) is 0 Å². The molecular weight excluding hydrogens is 166 g/mol. The van der Waals surface area contributed by atoms with Crippen molar-refractivity contribution >= 4 is 0 Å². The van der Waals surface area contributed by atoms with Crippen LogP contribution in [-0.2, 0) is 9.47 Å². The summed E-state index contributed by atoms with van der Waals surface area (Å²) in [5.74, 6) is 0.675. The number of hydrogen-bond acceptors (Lipinski definition) is 3. The van der Waals surface area contributed by atoms with Crippen LogP contribution in [0.2, 0.25) is 0 Å². The molecule has 3 heteroatoms. The third kappa shape index (κ3) is 9.80. The van der Waals surface area contributed by atoms with Crippen molar-refractivity contribution in [2.45, 2.75) is 19.8 Å². The molecule has 0 bridgehead atoms. The summed E-state index contributed by atoms with van der Waals surface area (Å²) in [6.45, 7) is 5.93. The van der Waals surface area contributed by atoms with E-state index in [1.807, 2.05) is 0 Å². The van der Waals surface area contributed by atoms with Gasteiger partial charge in [0.05, 0.1) is 6.61 Å². The first kappa shape index (κ1) is 12.9. The molecule has 1 N–H and O–H groups in total. The minimum absolute atomic E-state index is 0.675. The highest BCUT2D eigenvalue weighted by atomic mass is 16.5. The minimum Gasteiger partial charge on any atom is -0.384 e. The zero-order chi connectivity index (χ0) is 9.94. The molecule has 0 heterocycles. The Morgan fingerprint density at radius 3 is 2.54 bits per heavy atom. The van der Waals surface area contributed by atoms with Crippen LogP contribution in [0.5, 0.6) is 0 Å². The average molecular weight is 189 g/mol. The van der Waals surface area contributed by atoms with Crippen molar-refractivity contribution in [3.63, 3.8) is 0 Å². The number of nitrogens with one attached hydrogen (secondary N) is 1. The van der Waals surface area contributed by atoms with E-state index in [0.29, 0.717) is 5.92 Å². The Kier molecular flexibility index (Phi) is 9.87. The molecule has 0 aromatic rings. The van der Waals surface area contributed by atoms with Crippen molar-refractivity contribution in [1.82, 2.24) is 5.32 Å². The van der Waals surface area contributed by atoms with E-state index in [4.69, 9.17) is 9.47 Å². The van der Waals surface area contributed by atoms with Crippen molar-refractivity contribution < 1.29 is 9.47 Å². The van der Waals surface area contributed by atoms with Gasteiger partial charge in [-0.15, -0.1) is 0 Å². The van der Waals surface area contributed by atoms with Crippen LogP contribution in [0.4, 0.5) is 0 Å². The van der Waals surface area contributed by atoms with E-state index in [0.717, 1.165) is 26.3 Å².